The topological polar surface area (TPSA) is 49.0 Å². The second kappa shape index (κ2) is 6.26. The molecule has 0 aliphatic carbocycles. The Bertz CT molecular complexity index is 703. The maximum absolute atomic E-state index is 11.9. The van der Waals surface area contributed by atoms with Crippen LogP contribution in [0.15, 0.2) is 23.3 Å². The van der Waals surface area contributed by atoms with Gasteiger partial charge in [0.15, 0.2) is 0 Å². The van der Waals surface area contributed by atoms with E-state index in [4.69, 9.17) is 16.3 Å². The maximum Gasteiger partial charge on any atom is 0.253 e. The number of rotatable bonds is 3. The van der Waals surface area contributed by atoms with Gasteiger partial charge in [-0.2, -0.15) is 0 Å². The normalized spacial score (nSPS) is 18.6. The van der Waals surface area contributed by atoms with Crippen LogP contribution in [-0.2, 0) is 18.3 Å². The molecule has 3 rings (SSSR count). The van der Waals surface area contributed by atoms with Gasteiger partial charge in [0.25, 0.3) is 5.56 Å². The van der Waals surface area contributed by atoms with Gasteiger partial charge in [-0.25, -0.2) is 4.98 Å². The Labute approximate surface area is 134 Å². The fourth-order valence-corrected chi connectivity index (χ4v) is 3.18. The van der Waals surface area contributed by atoms with Gasteiger partial charge in [-0.05, 0) is 25.8 Å². The summed E-state index contributed by atoms with van der Waals surface area (Å²) in [4.78, 5) is 16.3. The van der Waals surface area contributed by atoms with E-state index in [1.807, 2.05) is 25.4 Å². The number of aryl methyl sites for hydroxylation is 2. The van der Waals surface area contributed by atoms with E-state index >= 15 is 0 Å². The monoisotopic (exact) mass is 321 g/mol. The smallest absolute Gasteiger partial charge is 0.253 e. The molecule has 1 fully saturated rings. The average molecular weight is 322 g/mol. The van der Waals surface area contributed by atoms with E-state index in [0.29, 0.717) is 16.6 Å². The fourth-order valence-electron chi connectivity index (χ4n) is 2.98. The minimum atomic E-state index is 0.00799. The Balaban J connectivity index is 1.95. The van der Waals surface area contributed by atoms with Crippen molar-refractivity contribution in [1.82, 2.24) is 14.1 Å². The van der Waals surface area contributed by atoms with Crippen molar-refractivity contribution in [2.75, 3.05) is 13.2 Å². The molecule has 6 heteroatoms. The first-order valence-corrected chi connectivity index (χ1v) is 7.90. The van der Waals surface area contributed by atoms with Crippen molar-refractivity contribution in [3.63, 3.8) is 0 Å². The molecule has 0 N–H and O–H groups in total. The van der Waals surface area contributed by atoms with Gasteiger partial charge >= 0.3 is 0 Å². The minimum absolute atomic E-state index is 0.00799. The molecule has 0 bridgehead atoms. The summed E-state index contributed by atoms with van der Waals surface area (Å²) in [6, 6.07) is 1.87. The Morgan fingerprint density at radius 2 is 2.27 bits per heavy atom. The predicted molar refractivity (Wildman–Crippen MR) is 86.2 cm³/mol. The average Bonchev–Trinajstić information content (AvgIpc) is 2.86. The molecular weight excluding hydrogens is 302 g/mol. The van der Waals surface area contributed by atoms with Gasteiger partial charge in [0.2, 0.25) is 0 Å². The zero-order chi connectivity index (χ0) is 15.7. The van der Waals surface area contributed by atoms with E-state index in [9.17, 15) is 4.79 Å². The van der Waals surface area contributed by atoms with E-state index in [2.05, 4.69) is 9.55 Å². The summed E-state index contributed by atoms with van der Waals surface area (Å²) in [7, 11) is 1.75. The van der Waals surface area contributed by atoms with Crippen LogP contribution in [0.5, 0.6) is 0 Å². The number of pyridine rings is 1. The van der Waals surface area contributed by atoms with Crippen LogP contribution < -0.4 is 5.56 Å². The summed E-state index contributed by atoms with van der Waals surface area (Å²) in [6.07, 6.45) is 5.91. The molecule has 0 aromatic carbocycles. The highest BCUT2D eigenvalue weighted by Gasteiger charge is 2.18. The zero-order valence-corrected chi connectivity index (χ0v) is 13.6. The van der Waals surface area contributed by atoms with Crippen molar-refractivity contribution in [1.29, 1.82) is 0 Å². The molecule has 0 saturated carbocycles. The SMILES string of the molecule is Cc1cc(-c2nc(Cl)cn2CC2CCCOC2)cn(C)c1=O. The molecule has 1 atom stereocenters. The molecule has 118 valence electrons. The summed E-state index contributed by atoms with van der Waals surface area (Å²) in [5.74, 6) is 1.28. The predicted octanol–water partition coefficient (Wildman–Crippen LogP) is 2.64. The molecule has 0 spiro atoms. The second-order valence-electron chi connectivity index (χ2n) is 5.95. The van der Waals surface area contributed by atoms with E-state index in [1.165, 1.54) is 0 Å². The van der Waals surface area contributed by atoms with Gasteiger partial charge in [-0.15, -0.1) is 0 Å². The molecule has 1 unspecified atom stereocenters. The molecule has 3 heterocycles. The molecule has 1 aliphatic rings. The Morgan fingerprint density at radius 1 is 1.45 bits per heavy atom. The quantitative estimate of drug-likeness (QED) is 0.873. The van der Waals surface area contributed by atoms with E-state index in [-0.39, 0.29) is 5.56 Å². The van der Waals surface area contributed by atoms with Gasteiger partial charge in [-0.3, -0.25) is 4.79 Å². The molecular formula is C16H20ClN3O2. The molecule has 1 aliphatic heterocycles. The summed E-state index contributed by atoms with van der Waals surface area (Å²) in [5.41, 5.74) is 1.61. The van der Waals surface area contributed by atoms with Crippen molar-refractivity contribution < 1.29 is 4.74 Å². The Kier molecular flexibility index (Phi) is 4.36. The number of ether oxygens (including phenoxy) is 1. The highest BCUT2D eigenvalue weighted by atomic mass is 35.5. The molecule has 0 radical (unpaired) electrons. The van der Waals surface area contributed by atoms with Crippen molar-refractivity contribution in [2.45, 2.75) is 26.3 Å². The fraction of sp³-hybridized carbons (Fsp3) is 0.500. The van der Waals surface area contributed by atoms with Gasteiger partial charge in [0.05, 0.1) is 6.61 Å². The lowest BCUT2D eigenvalue weighted by molar-refractivity contribution is 0.0485. The molecule has 22 heavy (non-hydrogen) atoms. The third-order valence-corrected chi connectivity index (χ3v) is 4.26. The lowest BCUT2D eigenvalue weighted by atomic mass is 10.0. The summed E-state index contributed by atoms with van der Waals surface area (Å²) in [5, 5.41) is 0.471. The molecule has 2 aromatic rings. The van der Waals surface area contributed by atoms with Crippen molar-refractivity contribution >= 4 is 11.6 Å². The molecule has 0 amide bonds. The first kappa shape index (κ1) is 15.3. The summed E-state index contributed by atoms with van der Waals surface area (Å²) >= 11 is 6.11. The van der Waals surface area contributed by atoms with Gasteiger partial charge in [0.1, 0.15) is 11.0 Å². The van der Waals surface area contributed by atoms with Gasteiger partial charge < -0.3 is 13.9 Å². The third-order valence-electron chi connectivity index (χ3n) is 4.08. The zero-order valence-electron chi connectivity index (χ0n) is 12.9. The first-order chi connectivity index (χ1) is 10.5. The third kappa shape index (κ3) is 3.10. The number of halogens is 1. The van der Waals surface area contributed by atoms with Crippen molar-refractivity contribution in [3.05, 3.63) is 39.5 Å². The number of nitrogens with zero attached hydrogens (tertiary/aromatic N) is 3. The Hall–Kier alpha value is -1.59. The highest BCUT2D eigenvalue weighted by Crippen LogP contribution is 2.24. The van der Waals surface area contributed by atoms with Crippen LogP contribution in [0.25, 0.3) is 11.4 Å². The van der Waals surface area contributed by atoms with Crippen LogP contribution in [0.3, 0.4) is 0 Å². The first-order valence-electron chi connectivity index (χ1n) is 7.52. The van der Waals surface area contributed by atoms with Crippen molar-refractivity contribution in [2.24, 2.45) is 13.0 Å². The van der Waals surface area contributed by atoms with E-state index in [0.717, 1.165) is 44.0 Å². The highest BCUT2D eigenvalue weighted by molar-refractivity contribution is 6.29. The number of aromatic nitrogens is 3. The standard InChI is InChI=1S/C16H20ClN3O2/c1-11-6-13(8-19(2)16(11)21)15-18-14(17)9-20(15)7-12-4-3-5-22-10-12/h6,8-9,12H,3-5,7,10H2,1-2H3. The molecule has 1 saturated heterocycles. The minimum Gasteiger partial charge on any atom is -0.381 e. The van der Waals surface area contributed by atoms with Gasteiger partial charge in [-0.1, -0.05) is 11.6 Å². The van der Waals surface area contributed by atoms with Crippen LogP contribution in [0.4, 0.5) is 0 Å². The lowest BCUT2D eigenvalue weighted by Gasteiger charge is -2.23. The maximum atomic E-state index is 11.9. The second-order valence-corrected chi connectivity index (χ2v) is 6.34. The summed E-state index contributed by atoms with van der Waals surface area (Å²) < 4.78 is 9.20. The van der Waals surface area contributed by atoms with E-state index < -0.39 is 0 Å². The van der Waals surface area contributed by atoms with Gasteiger partial charge in [0, 0.05) is 49.6 Å². The summed E-state index contributed by atoms with van der Waals surface area (Å²) in [6.45, 7) is 4.28. The molecule has 5 nitrogen and oxygen atoms in total. The van der Waals surface area contributed by atoms with Crippen LogP contribution in [-0.4, -0.2) is 27.3 Å². The van der Waals surface area contributed by atoms with Crippen LogP contribution in [0.1, 0.15) is 18.4 Å². The Morgan fingerprint density at radius 3 is 2.95 bits per heavy atom. The van der Waals surface area contributed by atoms with Crippen LogP contribution >= 0.6 is 11.6 Å². The van der Waals surface area contributed by atoms with Crippen molar-refractivity contribution in [3.8, 4) is 11.4 Å². The number of hydrogen-bond donors (Lipinski definition) is 0. The largest absolute Gasteiger partial charge is 0.381 e. The van der Waals surface area contributed by atoms with Crippen LogP contribution in [0, 0.1) is 12.8 Å². The number of imidazole rings is 1. The molecule has 2 aromatic heterocycles. The number of hydrogen-bond acceptors (Lipinski definition) is 3. The lowest BCUT2D eigenvalue weighted by Crippen LogP contribution is -2.22. The van der Waals surface area contributed by atoms with Crippen LogP contribution in [0.2, 0.25) is 5.15 Å². The van der Waals surface area contributed by atoms with E-state index in [1.54, 1.807) is 11.6 Å².